The molecule has 0 aliphatic heterocycles. The highest BCUT2D eigenvalue weighted by Gasteiger charge is 2.31. The van der Waals surface area contributed by atoms with Gasteiger partial charge in [0, 0.05) is 10.9 Å². The molecule has 1 aromatic heterocycles. The van der Waals surface area contributed by atoms with E-state index in [1.165, 1.54) is 18.4 Å². The van der Waals surface area contributed by atoms with Crippen LogP contribution in [0.4, 0.5) is 13.2 Å². The Morgan fingerprint density at radius 3 is 2.52 bits per heavy atom. The van der Waals surface area contributed by atoms with Crippen molar-refractivity contribution in [3.05, 3.63) is 71.5 Å². The van der Waals surface area contributed by atoms with E-state index < -0.39 is 17.8 Å². The first-order valence-electron chi connectivity index (χ1n) is 6.28. The first-order chi connectivity index (χ1) is 9.97. The number of benzene rings is 2. The van der Waals surface area contributed by atoms with E-state index in [0.29, 0.717) is 16.5 Å². The summed E-state index contributed by atoms with van der Waals surface area (Å²) in [6.45, 7) is 0. The van der Waals surface area contributed by atoms with E-state index in [-0.39, 0.29) is 5.56 Å². The van der Waals surface area contributed by atoms with Crippen LogP contribution in [0.3, 0.4) is 0 Å². The summed E-state index contributed by atoms with van der Waals surface area (Å²) in [5.41, 5.74) is 0.423. The lowest BCUT2D eigenvalue weighted by atomic mass is 9.99. The maximum Gasteiger partial charge on any atom is 0.416 e. The van der Waals surface area contributed by atoms with Crippen molar-refractivity contribution in [3.63, 3.8) is 0 Å². The quantitative estimate of drug-likeness (QED) is 0.752. The van der Waals surface area contributed by atoms with Crippen molar-refractivity contribution in [2.75, 3.05) is 0 Å². The molecule has 1 atom stereocenters. The zero-order valence-corrected chi connectivity index (χ0v) is 10.8. The van der Waals surface area contributed by atoms with E-state index in [4.69, 9.17) is 4.42 Å². The number of aliphatic hydroxyl groups excluding tert-OH is 1. The minimum absolute atomic E-state index is 0.177. The Kier molecular flexibility index (Phi) is 3.22. The van der Waals surface area contributed by atoms with Gasteiger partial charge in [-0.05, 0) is 23.8 Å². The number of alkyl halides is 3. The molecule has 5 heteroatoms. The van der Waals surface area contributed by atoms with E-state index in [1.807, 2.05) is 0 Å². The van der Waals surface area contributed by atoms with Crippen molar-refractivity contribution in [2.45, 2.75) is 12.3 Å². The Hall–Kier alpha value is -2.27. The Bertz CT molecular complexity index is 774. The molecule has 3 aromatic rings. The standard InChI is InChI=1S/C16H11F3O2/c17-16(18,19)11-5-3-4-10(8-11)15(20)13-9-21-14-7-2-1-6-12(13)14/h1-9,15,20H. The van der Waals surface area contributed by atoms with Gasteiger partial charge in [-0.15, -0.1) is 0 Å². The first kappa shape index (κ1) is 13.7. The summed E-state index contributed by atoms with van der Waals surface area (Å²) in [4.78, 5) is 0. The molecule has 2 aromatic carbocycles. The van der Waals surface area contributed by atoms with E-state index in [2.05, 4.69) is 0 Å². The predicted octanol–water partition coefficient (Wildman–Crippen LogP) is 4.53. The Balaban J connectivity index is 2.04. The average molecular weight is 292 g/mol. The fourth-order valence-corrected chi connectivity index (χ4v) is 2.27. The molecule has 0 fully saturated rings. The van der Waals surface area contributed by atoms with Gasteiger partial charge in [0.05, 0.1) is 11.8 Å². The van der Waals surface area contributed by atoms with Gasteiger partial charge in [-0.2, -0.15) is 13.2 Å². The lowest BCUT2D eigenvalue weighted by Gasteiger charge is -2.13. The maximum absolute atomic E-state index is 12.7. The van der Waals surface area contributed by atoms with Crippen molar-refractivity contribution < 1.29 is 22.7 Å². The fraction of sp³-hybridized carbons (Fsp3) is 0.125. The molecule has 1 unspecified atom stereocenters. The lowest BCUT2D eigenvalue weighted by molar-refractivity contribution is -0.137. The Morgan fingerprint density at radius 2 is 1.76 bits per heavy atom. The van der Waals surface area contributed by atoms with Crippen molar-refractivity contribution >= 4 is 11.0 Å². The summed E-state index contributed by atoms with van der Waals surface area (Å²) in [7, 11) is 0. The van der Waals surface area contributed by atoms with E-state index in [1.54, 1.807) is 24.3 Å². The number of hydrogen-bond acceptors (Lipinski definition) is 2. The Labute approximate surface area is 118 Å². The van der Waals surface area contributed by atoms with E-state index in [0.717, 1.165) is 12.1 Å². The van der Waals surface area contributed by atoms with Crippen LogP contribution in [0.5, 0.6) is 0 Å². The van der Waals surface area contributed by atoms with Gasteiger partial charge in [-0.1, -0.05) is 30.3 Å². The van der Waals surface area contributed by atoms with Gasteiger partial charge in [0.25, 0.3) is 0 Å². The van der Waals surface area contributed by atoms with Crippen molar-refractivity contribution in [1.29, 1.82) is 0 Å². The number of furan rings is 1. The molecule has 0 amide bonds. The number of hydrogen-bond donors (Lipinski definition) is 1. The molecule has 0 saturated carbocycles. The molecule has 0 aliphatic carbocycles. The van der Waals surface area contributed by atoms with Crippen LogP contribution >= 0.6 is 0 Å². The highest BCUT2D eigenvalue weighted by Crippen LogP contribution is 2.34. The van der Waals surface area contributed by atoms with Crippen LogP contribution in [0.1, 0.15) is 22.8 Å². The second kappa shape index (κ2) is 4.93. The molecule has 1 N–H and O–H groups in total. The average Bonchev–Trinajstić information content (AvgIpc) is 2.90. The summed E-state index contributed by atoms with van der Waals surface area (Å²) in [5, 5.41) is 11.0. The van der Waals surface area contributed by atoms with Gasteiger partial charge in [0.15, 0.2) is 0 Å². The van der Waals surface area contributed by atoms with Crippen LogP contribution in [0.15, 0.2) is 59.2 Å². The lowest BCUT2D eigenvalue weighted by Crippen LogP contribution is -2.07. The van der Waals surface area contributed by atoms with E-state index >= 15 is 0 Å². The van der Waals surface area contributed by atoms with Crippen molar-refractivity contribution in [1.82, 2.24) is 0 Å². The molecular formula is C16H11F3O2. The molecule has 21 heavy (non-hydrogen) atoms. The van der Waals surface area contributed by atoms with Gasteiger partial charge < -0.3 is 9.52 Å². The zero-order chi connectivity index (χ0) is 15.0. The summed E-state index contributed by atoms with van der Waals surface area (Å²) < 4.78 is 43.5. The van der Waals surface area contributed by atoms with Gasteiger partial charge >= 0.3 is 6.18 Å². The van der Waals surface area contributed by atoms with Crippen LogP contribution in [-0.4, -0.2) is 5.11 Å². The molecular weight excluding hydrogens is 281 g/mol. The smallest absolute Gasteiger partial charge is 0.416 e. The summed E-state index contributed by atoms with van der Waals surface area (Å²) >= 11 is 0. The van der Waals surface area contributed by atoms with Crippen molar-refractivity contribution in [3.8, 4) is 0 Å². The second-order valence-electron chi connectivity index (χ2n) is 4.71. The zero-order valence-electron chi connectivity index (χ0n) is 10.8. The van der Waals surface area contributed by atoms with Crippen LogP contribution in [0.25, 0.3) is 11.0 Å². The fourth-order valence-electron chi connectivity index (χ4n) is 2.27. The van der Waals surface area contributed by atoms with Gasteiger partial charge in [0.1, 0.15) is 11.7 Å². The molecule has 108 valence electrons. The third kappa shape index (κ3) is 2.52. The molecule has 0 radical (unpaired) electrons. The predicted molar refractivity (Wildman–Crippen MR) is 71.7 cm³/mol. The molecule has 0 spiro atoms. The molecule has 2 nitrogen and oxygen atoms in total. The summed E-state index contributed by atoms with van der Waals surface area (Å²) in [5.74, 6) is 0. The second-order valence-corrected chi connectivity index (χ2v) is 4.71. The first-order valence-corrected chi connectivity index (χ1v) is 6.28. The molecule has 0 saturated heterocycles. The van der Waals surface area contributed by atoms with E-state index in [9.17, 15) is 18.3 Å². The minimum Gasteiger partial charge on any atom is -0.464 e. The number of fused-ring (bicyclic) bond motifs is 1. The third-order valence-electron chi connectivity index (χ3n) is 3.34. The van der Waals surface area contributed by atoms with Gasteiger partial charge in [-0.25, -0.2) is 0 Å². The SMILES string of the molecule is OC(c1cccc(C(F)(F)F)c1)c1coc2ccccc12. The molecule has 1 heterocycles. The number of para-hydroxylation sites is 1. The number of halogens is 3. The minimum atomic E-state index is -4.44. The van der Waals surface area contributed by atoms with Gasteiger partial charge in [-0.3, -0.25) is 0 Å². The van der Waals surface area contributed by atoms with Gasteiger partial charge in [0.2, 0.25) is 0 Å². The molecule has 3 rings (SSSR count). The van der Waals surface area contributed by atoms with Crippen molar-refractivity contribution in [2.24, 2.45) is 0 Å². The highest BCUT2D eigenvalue weighted by atomic mass is 19.4. The highest BCUT2D eigenvalue weighted by molar-refractivity contribution is 5.81. The number of rotatable bonds is 2. The molecule has 0 aliphatic rings. The van der Waals surface area contributed by atoms with Crippen LogP contribution in [0.2, 0.25) is 0 Å². The monoisotopic (exact) mass is 292 g/mol. The number of aliphatic hydroxyl groups is 1. The summed E-state index contributed by atoms with van der Waals surface area (Å²) in [6.07, 6.45) is -4.24. The third-order valence-corrected chi connectivity index (χ3v) is 3.34. The normalized spacial score (nSPS) is 13.5. The topological polar surface area (TPSA) is 33.4 Å². The Morgan fingerprint density at radius 1 is 1.00 bits per heavy atom. The van der Waals surface area contributed by atoms with Crippen LogP contribution in [-0.2, 0) is 6.18 Å². The van der Waals surface area contributed by atoms with Crippen LogP contribution < -0.4 is 0 Å². The van der Waals surface area contributed by atoms with Crippen LogP contribution in [0, 0.1) is 0 Å². The maximum atomic E-state index is 12.7. The summed E-state index contributed by atoms with van der Waals surface area (Å²) in [6, 6.07) is 11.7. The largest absolute Gasteiger partial charge is 0.464 e. The molecule has 0 bridgehead atoms.